The molecule has 1 aromatic carbocycles. The minimum atomic E-state index is 0.552. The van der Waals surface area contributed by atoms with Gasteiger partial charge in [0.25, 0.3) is 0 Å². The van der Waals surface area contributed by atoms with Crippen LogP contribution in [0.2, 0.25) is 0 Å². The second-order valence-corrected chi connectivity index (χ2v) is 2.99. The first-order valence-corrected chi connectivity index (χ1v) is 4.34. The van der Waals surface area contributed by atoms with E-state index in [0.29, 0.717) is 19.8 Å². The summed E-state index contributed by atoms with van der Waals surface area (Å²) in [5.74, 6) is 0.926. The van der Waals surface area contributed by atoms with Gasteiger partial charge in [0, 0.05) is 5.56 Å². The standard InChI is InChI=1S/C11H12O2/c1-2-6-13-11-5-3-4-9-7-12-8-10(9)11/h2-5H,1,6-8H2. The average molecular weight is 176 g/mol. The Bertz CT molecular complexity index is 318. The first kappa shape index (κ1) is 8.32. The van der Waals surface area contributed by atoms with Crippen LogP contribution in [0, 0.1) is 0 Å². The van der Waals surface area contributed by atoms with Crippen LogP contribution >= 0.6 is 0 Å². The van der Waals surface area contributed by atoms with Gasteiger partial charge in [-0.05, 0) is 11.6 Å². The van der Waals surface area contributed by atoms with Gasteiger partial charge in [-0.1, -0.05) is 24.8 Å². The predicted molar refractivity (Wildman–Crippen MR) is 50.6 cm³/mol. The fraction of sp³-hybridized carbons (Fsp3) is 0.273. The molecular formula is C11H12O2. The Balaban J connectivity index is 2.25. The number of hydrogen-bond acceptors (Lipinski definition) is 2. The second-order valence-electron chi connectivity index (χ2n) is 2.99. The minimum absolute atomic E-state index is 0.552. The monoisotopic (exact) mass is 176 g/mol. The summed E-state index contributed by atoms with van der Waals surface area (Å²) in [6, 6.07) is 6.03. The molecule has 1 aromatic rings. The zero-order chi connectivity index (χ0) is 9.10. The smallest absolute Gasteiger partial charge is 0.125 e. The van der Waals surface area contributed by atoms with Gasteiger partial charge in [-0.15, -0.1) is 0 Å². The lowest BCUT2D eigenvalue weighted by Gasteiger charge is -2.07. The Labute approximate surface area is 77.8 Å². The highest BCUT2D eigenvalue weighted by Crippen LogP contribution is 2.28. The first-order valence-electron chi connectivity index (χ1n) is 4.34. The first-order chi connectivity index (χ1) is 6.42. The van der Waals surface area contributed by atoms with Gasteiger partial charge in [0.05, 0.1) is 13.2 Å². The van der Waals surface area contributed by atoms with Crippen LogP contribution in [0.1, 0.15) is 11.1 Å². The molecule has 0 spiro atoms. The van der Waals surface area contributed by atoms with E-state index in [1.165, 1.54) is 11.1 Å². The number of ether oxygens (including phenoxy) is 2. The molecule has 2 rings (SSSR count). The maximum absolute atomic E-state index is 5.50. The summed E-state index contributed by atoms with van der Waals surface area (Å²) in [5, 5.41) is 0. The molecule has 0 radical (unpaired) electrons. The van der Waals surface area contributed by atoms with Gasteiger partial charge < -0.3 is 9.47 Å². The van der Waals surface area contributed by atoms with Gasteiger partial charge in [-0.25, -0.2) is 0 Å². The van der Waals surface area contributed by atoms with Crippen molar-refractivity contribution < 1.29 is 9.47 Å². The molecule has 0 bridgehead atoms. The maximum Gasteiger partial charge on any atom is 0.125 e. The van der Waals surface area contributed by atoms with Crippen molar-refractivity contribution in [3.8, 4) is 5.75 Å². The van der Waals surface area contributed by atoms with Crippen LogP contribution in [0.5, 0.6) is 5.75 Å². The topological polar surface area (TPSA) is 18.5 Å². The molecule has 0 amide bonds. The van der Waals surface area contributed by atoms with Crippen molar-refractivity contribution in [2.45, 2.75) is 13.2 Å². The Hall–Kier alpha value is -1.28. The number of rotatable bonds is 3. The molecule has 0 aliphatic carbocycles. The molecule has 0 unspecified atom stereocenters. The Morgan fingerprint density at radius 1 is 1.46 bits per heavy atom. The van der Waals surface area contributed by atoms with Crippen molar-refractivity contribution in [3.05, 3.63) is 42.0 Å². The molecule has 0 N–H and O–H groups in total. The van der Waals surface area contributed by atoms with E-state index in [4.69, 9.17) is 9.47 Å². The largest absolute Gasteiger partial charge is 0.489 e. The predicted octanol–water partition coefficient (Wildman–Crippen LogP) is 2.28. The van der Waals surface area contributed by atoms with E-state index in [1.54, 1.807) is 6.08 Å². The Kier molecular flexibility index (Phi) is 2.32. The Morgan fingerprint density at radius 3 is 3.23 bits per heavy atom. The summed E-state index contributed by atoms with van der Waals surface area (Å²) in [4.78, 5) is 0. The van der Waals surface area contributed by atoms with Crippen LogP contribution in [-0.4, -0.2) is 6.61 Å². The highest BCUT2D eigenvalue weighted by Gasteiger charge is 2.15. The molecule has 1 aliphatic rings. The third-order valence-corrected chi connectivity index (χ3v) is 2.09. The molecule has 1 aliphatic heterocycles. The summed E-state index contributed by atoms with van der Waals surface area (Å²) >= 11 is 0. The molecule has 0 saturated heterocycles. The van der Waals surface area contributed by atoms with E-state index in [0.717, 1.165) is 5.75 Å². The lowest BCUT2D eigenvalue weighted by molar-refractivity contribution is 0.133. The van der Waals surface area contributed by atoms with Crippen molar-refractivity contribution in [3.63, 3.8) is 0 Å². The van der Waals surface area contributed by atoms with E-state index in [1.807, 2.05) is 12.1 Å². The lowest BCUT2D eigenvalue weighted by Crippen LogP contribution is -1.96. The van der Waals surface area contributed by atoms with Crippen LogP contribution < -0.4 is 4.74 Å². The molecule has 13 heavy (non-hydrogen) atoms. The summed E-state index contributed by atoms with van der Waals surface area (Å²) < 4.78 is 10.8. The van der Waals surface area contributed by atoms with E-state index < -0.39 is 0 Å². The van der Waals surface area contributed by atoms with Gasteiger partial charge >= 0.3 is 0 Å². The zero-order valence-corrected chi connectivity index (χ0v) is 7.45. The van der Waals surface area contributed by atoms with Gasteiger partial charge in [0.2, 0.25) is 0 Å². The molecule has 68 valence electrons. The van der Waals surface area contributed by atoms with Crippen LogP contribution in [0.4, 0.5) is 0 Å². The molecule has 0 saturated carbocycles. The van der Waals surface area contributed by atoms with E-state index in [9.17, 15) is 0 Å². The van der Waals surface area contributed by atoms with Crippen LogP contribution in [0.25, 0.3) is 0 Å². The van der Waals surface area contributed by atoms with Crippen LogP contribution in [-0.2, 0) is 18.0 Å². The molecule has 0 aromatic heterocycles. The number of hydrogen-bond donors (Lipinski definition) is 0. The maximum atomic E-state index is 5.50. The number of fused-ring (bicyclic) bond motifs is 1. The molecule has 0 fully saturated rings. The van der Waals surface area contributed by atoms with E-state index in [-0.39, 0.29) is 0 Å². The van der Waals surface area contributed by atoms with Crippen LogP contribution in [0.15, 0.2) is 30.9 Å². The van der Waals surface area contributed by atoms with Crippen molar-refractivity contribution >= 4 is 0 Å². The summed E-state index contributed by atoms with van der Waals surface area (Å²) in [7, 11) is 0. The van der Waals surface area contributed by atoms with Crippen molar-refractivity contribution in [2.24, 2.45) is 0 Å². The highest BCUT2D eigenvalue weighted by atomic mass is 16.5. The van der Waals surface area contributed by atoms with Gasteiger partial charge in [0.1, 0.15) is 12.4 Å². The molecule has 0 atom stereocenters. The minimum Gasteiger partial charge on any atom is -0.489 e. The Morgan fingerprint density at radius 2 is 2.38 bits per heavy atom. The SMILES string of the molecule is C=CCOc1cccc2c1COC2. The fourth-order valence-corrected chi connectivity index (χ4v) is 1.46. The van der Waals surface area contributed by atoms with Crippen molar-refractivity contribution in [1.82, 2.24) is 0 Å². The normalized spacial score (nSPS) is 13.8. The van der Waals surface area contributed by atoms with Crippen LogP contribution in [0.3, 0.4) is 0 Å². The zero-order valence-electron chi connectivity index (χ0n) is 7.45. The average Bonchev–Trinajstić information content (AvgIpc) is 2.62. The van der Waals surface area contributed by atoms with Crippen molar-refractivity contribution in [2.75, 3.05) is 6.61 Å². The highest BCUT2D eigenvalue weighted by molar-refractivity contribution is 5.41. The van der Waals surface area contributed by atoms with E-state index in [2.05, 4.69) is 12.6 Å². The summed E-state index contributed by atoms with van der Waals surface area (Å²) in [5.41, 5.74) is 2.42. The van der Waals surface area contributed by atoms with Gasteiger partial charge in [-0.2, -0.15) is 0 Å². The summed E-state index contributed by atoms with van der Waals surface area (Å²) in [6.45, 7) is 5.54. The summed E-state index contributed by atoms with van der Waals surface area (Å²) in [6.07, 6.45) is 1.75. The molecule has 2 nitrogen and oxygen atoms in total. The fourth-order valence-electron chi connectivity index (χ4n) is 1.46. The molecule has 2 heteroatoms. The van der Waals surface area contributed by atoms with E-state index >= 15 is 0 Å². The van der Waals surface area contributed by atoms with Gasteiger partial charge in [0.15, 0.2) is 0 Å². The second kappa shape index (κ2) is 3.62. The van der Waals surface area contributed by atoms with Gasteiger partial charge in [-0.3, -0.25) is 0 Å². The third kappa shape index (κ3) is 1.58. The lowest BCUT2D eigenvalue weighted by atomic mass is 10.1. The quantitative estimate of drug-likeness (QED) is 0.658. The van der Waals surface area contributed by atoms with Crippen molar-refractivity contribution in [1.29, 1.82) is 0 Å². The molecular weight excluding hydrogens is 164 g/mol. The third-order valence-electron chi connectivity index (χ3n) is 2.09. The molecule has 1 heterocycles. The number of benzene rings is 1.